The minimum Gasteiger partial charge on any atom is -0.496 e. The van der Waals surface area contributed by atoms with Crippen molar-refractivity contribution in [3.05, 3.63) is 39.8 Å². The van der Waals surface area contributed by atoms with Gasteiger partial charge in [-0.3, -0.25) is 4.79 Å². The van der Waals surface area contributed by atoms with Crippen molar-refractivity contribution in [2.45, 2.75) is 39.0 Å². The summed E-state index contributed by atoms with van der Waals surface area (Å²) in [7, 11) is 1.60. The average Bonchev–Trinajstić information content (AvgIpc) is 3.09. The molecule has 6 heteroatoms. The molecule has 2 aromatic rings. The van der Waals surface area contributed by atoms with Crippen LogP contribution in [0.4, 0.5) is 0 Å². The minimum atomic E-state index is 0.0362. The van der Waals surface area contributed by atoms with Gasteiger partial charge >= 0.3 is 0 Å². The highest BCUT2D eigenvalue weighted by Gasteiger charge is 2.29. The summed E-state index contributed by atoms with van der Waals surface area (Å²) in [6.45, 7) is 5.86. The number of carbonyl (C=O) groups excluding carboxylic acids is 1. The number of aromatic nitrogens is 2. The minimum absolute atomic E-state index is 0.0362. The predicted octanol–water partition coefficient (Wildman–Crippen LogP) is 3.77. The number of methoxy groups -OCH3 is 1. The Labute approximate surface area is 153 Å². The Morgan fingerprint density at radius 1 is 1.36 bits per heavy atom. The van der Waals surface area contributed by atoms with Crippen molar-refractivity contribution in [3.63, 3.8) is 0 Å². The largest absolute Gasteiger partial charge is 0.496 e. The molecular weight excluding hydrogens is 334 g/mol. The summed E-state index contributed by atoms with van der Waals surface area (Å²) in [4.78, 5) is 14.8. The lowest BCUT2D eigenvalue weighted by molar-refractivity contribution is 0.0703. The third-order valence-electron chi connectivity index (χ3n) is 4.46. The van der Waals surface area contributed by atoms with E-state index in [2.05, 4.69) is 24.0 Å². The lowest BCUT2D eigenvalue weighted by atomic mass is 9.98. The molecule has 3 rings (SSSR count). The van der Waals surface area contributed by atoms with E-state index in [1.54, 1.807) is 18.4 Å². The number of piperidine rings is 1. The van der Waals surface area contributed by atoms with Gasteiger partial charge in [0.05, 0.1) is 12.7 Å². The van der Waals surface area contributed by atoms with Gasteiger partial charge in [0, 0.05) is 25.4 Å². The van der Waals surface area contributed by atoms with Gasteiger partial charge in [0.25, 0.3) is 5.91 Å². The van der Waals surface area contributed by atoms with Gasteiger partial charge in [0.15, 0.2) is 0 Å². The summed E-state index contributed by atoms with van der Waals surface area (Å²) < 4.78 is 5.34. The van der Waals surface area contributed by atoms with Crippen LogP contribution in [0.5, 0.6) is 5.75 Å². The van der Waals surface area contributed by atoms with E-state index in [1.807, 2.05) is 29.2 Å². The topological polar surface area (TPSA) is 55.3 Å². The van der Waals surface area contributed by atoms with E-state index in [-0.39, 0.29) is 11.8 Å². The SMILES string of the molecule is COc1ccccc1C(=O)N1CCCC(c2nnc(CC(C)C)s2)C1. The second kappa shape index (κ2) is 7.95. The van der Waals surface area contributed by atoms with Crippen LogP contribution in [0.25, 0.3) is 0 Å². The Kier molecular flexibility index (Phi) is 5.68. The van der Waals surface area contributed by atoms with Crippen molar-refractivity contribution in [1.29, 1.82) is 0 Å². The van der Waals surface area contributed by atoms with E-state index >= 15 is 0 Å². The van der Waals surface area contributed by atoms with Gasteiger partial charge in [0.1, 0.15) is 15.8 Å². The van der Waals surface area contributed by atoms with Crippen LogP contribution in [0.3, 0.4) is 0 Å². The maximum Gasteiger partial charge on any atom is 0.257 e. The van der Waals surface area contributed by atoms with Crippen molar-refractivity contribution in [3.8, 4) is 5.75 Å². The number of nitrogens with zero attached hydrogens (tertiary/aromatic N) is 3. The summed E-state index contributed by atoms with van der Waals surface area (Å²) in [6.07, 6.45) is 3.02. The van der Waals surface area contributed by atoms with Crippen LogP contribution in [0.2, 0.25) is 0 Å². The van der Waals surface area contributed by atoms with Crippen LogP contribution in [0, 0.1) is 5.92 Å². The zero-order valence-corrected chi connectivity index (χ0v) is 15.9. The predicted molar refractivity (Wildman–Crippen MR) is 99.3 cm³/mol. The standard InChI is InChI=1S/C19H25N3O2S/c1-13(2)11-17-20-21-18(25-17)14-7-6-10-22(12-14)19(23)15-8-4-5-9-16(15)24-3/h4-5,8-9,13-14H,6-7,10-12H2,1-3H3. The number of rotatable bonds is 5. The number of ether oxygens (including phenoxy) is 1. The van der Waals surface area contributed by atoms with Gasteiger partial charge in [-0.2, -0.15) is 0 Å². The van der Waals surface area contributed by atoms with Crippen molar-refractivity contribution in [1.82, 2.24) is 15.1 Å². The number of benzene rings is 1. The molecule has 1 fully saturated rings. The smallest absolute Gasteiger partial charge is 0.257 e. The Morgan fingerprint density at radius 2 is 2.16 bits per heavy atom. The fourth-order valence-corrected chi connectivity index (χ4v) is 4.40. The monoisotopic (exact) mass is 359 g/mol. The van der Waals surface area contributed by atoms with Gasteiger partial charge < -0.3 is 9.64 Å². The van der Waals surface area contributed by atoms with Gasteiger partial charge in [0.2, 0.25) is 0 Å². The molecule has 1 aromatic carbocycles. The number of hydrogen-bond acceptors (Lipinski definition) is 5. The maximum atomic E-state index is 12.9. The number of carbonyl (C=O) groups is 1. The fraction of sp³-hybridized carbons (Fsp3) is 0.526. The first kappa shape index (κ1) is 17.9. The zero-order chi connectivity index (χ0) is 17.8. The third-order valence-corrected chi connectivity index (χ3v) is 5.57. The molecule has 1 aromatic heterocycles. The molecule has 2 heterocycles. The lowest BCUT2D eigenvalue weighted by Gasteiger charge is -2.32. The second-order valence-corrected chi connectivity index (χ2v) is 8.02. The van der Waals surface area contributed by atoms with E-state index in [1.165, 1.54) is 0 Å². The van der Waals surface area contributed by atoms with Crippen LogP contribution in [0.15, 0.2) is 24.3 Å². The highest BCUT2D eigenvalue weighted by Crippen LogP contribution is 2.31. The summed E-state index contributed by atoms with van der Waals surface area (Å²) in [6, 6.07) is 7.42. The molecule has 0 N–H and O–H groups in total. The molecule has 134 valence electrons. The quantitative estimate of drug-likeness (QED) is 0.815. The zero-order valence-electron chi connectivity index (χ0n) is 15.1. The van der Waals surface area contributed by atoms with Crippen LogP contribution >= 0.6 is 11.3 Å². The number of likely N-dealkylation sites (tertiary alicyclic amines) is 1. The third kappa shape index (κ3) is 4.18. The van der Waals surface area contributed by atoms with Crippen LogP contribution in [-0.2, 0) is 6.42 Å². The molecule has 0 aliphatic carbocycles. The lowest BCUT2D eigenvalue weighted by Crippen LogP contribution is -2.39. The Morgan fingerprint density at radius 3 is 2.92 bits per heavy atom. The van der Waals surface area contributed by atoms with E-state index in [0.29, 0.717) is 23.8 Å². The van der Waals surface area contributed by atoms with Gasteiger partial charge in [-0.1, -0.05) is 26.0 Å². The summed E-state index contributed by atoms with van der Waals surface area (Å²) in [5.74, 6) is 1.53. The van der Waals surface area contributed by atoms with E-state index in [0.717, 1.165) is 35.8 Å². The summed E-state index contributed by atoms with van der Waals surface area (Å²) in [5, 5.41) is 10.9. The van der Waals surface area contributed by atoms with Crippen LogP contribution < -0.4 is 4.74 Å². The molecule has 1 saturated heterocycles. The molecular formula is C19H25N3O2S. The van der Waals surface area contributed by atoms with Crippen molar-refractivity contribution < 1.29 is 9.53 Å². The highest BCUT2D eigenvalue weighted by atomic mass is 32.1. The number of hydrogen-bond donors (Lipinski definition) is 0. The molecule has 0 spiro atoms. The number of amides is 1. The van der Waals surface area contributed by atoms with E-state index in [4.69, 9.17) is 4.74 Å². The summed E-state index contributed by atoms with van der Waals surface area (Å²) in [5.41, 5.74) is 0.628. The molecule has 0 radical (unpaired) electrons. The van der Waals surface area contributed by atoms with Crippen molar-refractivity contribution in [2.24, 2.45) is 5.92 Å². The van der Waals surface area contributed by atoms with E-state index in [9.17, 15) is 4.79 Å². The molecule has 5 nitrogen and oxygen atoms in total. The first-order valence-electron chi connectivity index (χ1n) is 8.83. The first-order chi connectivity index (χ1) is 12.1. The van der Waals surface area contributed by atoms with Gasteiger partial charge in [-0.05, 0) is 30.9 Å². The summed E-state index contributed by atoms with van der Waals surface area (Å²) >= 11 is 1.70. The van der Waals surface area contributed by atoms with Crippen LogP contribution in [0.1, 0.15) is 53.0 Å². The highest BCUT2D eigenvalue weighted by molar-refractivity contribution is 7.11. The van der Waals surface area contributed by atoms with Crippen molar-refractivity contribution in [2.75, 3.05) is 20.2 Å². The maximum absolute atomic E-state index is 12.9. The first-order valence-corrected chi connectivity index (χ1v) is 9.64. The molecule has 25 heavy (non-hydrogen) atoms. The molecule has 1 amide bonds. The Hall–Kier alpha value is -1.95. The number of para-hydroxylation sites is 1. The molecule has 1 aliphatic rings. The molecule has 1 unspecified atom stereocenters. The average molecular weight is 359 g/mol. The van der Waals surface area contributed by atoms with Gasteiger partial charge in [-0.15, -0.1) is 21.5 Å². The Bertz CT molecular complexity index is 729. The van der Waals surface area contributed by atoms with Crippen molar-refractivity contribution >= 4 is 17.2 Å². The molecule has 0 bridgehead atoms. The van der Waals surface area contributed by atoms with Crippen LogP contribution in [-0.4, -0.2) is 41.2 Å². The molecule has 1 atom stereocenters. The van der Waals surface area contributed by atoms with E-state index < -0.39 is 0 Å². The molecule has 0 saturated carbocycles. The Balaban J connectivity index is 1.72. The molecule has 1 aliphatic heterocycles. The normalized spacial score (nSPS) is 17.8. The van der Waals surface area contributed by atoms with Gasteiger partial charge in [-0.25, -0.2) is 0 Å². The second-order valence-electron chi connectivity index (χ2n) is 6.92. The fourth-order valence-electron chi connectivity index (χ4n) is 3.22.